The average molecular weight is 274 g/mol. The number of rotatable bonds is 1. The van der Waals surface area contributed by atoms with Crippen LogP contribution in [0.15, 0.2) is 24.3 Å². The van der Waals surface area contributed by atoms with E-state index < -0.39 is 0 Å². The number of hydrogen-bond donors (Lipinski definition) is 1. The zero-order valence-corrected chi connectivity index (χ0v) is 11.9. The summed E-state index contributed by atoms with van der Waals surface area (Å²) in [5, 5.41) is 1.07. The molecule has 1 aliphatic rings. The molecule has 3 nitrogen and oxygen atoms in total. The zero-order chi connectivity index (χ0) is 13.4. The van der Waals surface area contributed by atoms with Gasteiger partial charge in [0.2, 0.25) is 0 Å². The molecule has 4 heteroatoms. The van der Waals surface area contributed by atoms with Crippen LogP contribution in [0.2, 0.25) is 0 Å². The van der Waals surface area contributed by atoms with Gasteiger partial charge in [-0.3, -0.25) is 4.79 Å². The molecule has 2 N–H and O–H groups in total. The van der Waals surface area contributed by atoms with E-state index in [4.69, 9.17) is 5.73 Å². The van der Waals surface area contributed by atoms with E-state index in [1.165, 1.54) is 0 Å². The topological polar surface area (TPSA) is 46.3 Å². The third kappa shape index (κ3) is 2.45. The Morgan fingerprint density at radius 1 is 1.32 bits per heavy atom. The minimum Gasteiger partial charge on any atom is -0.399 e. The van der Waals surface area contributed by atoms with E-state index in [9.17, 15) is 4.79 Å². The molecule has 1 aliphatic heterocycles. The fraction of sp³-hybridized carbons (Fsp3) is 0.400. The molecule has 1 aromatic carbocycles. The fourth-order valence-corrected chi connectivity index (χ4v) is 3.55. The Labute approximate surface area is 117 Å². The summed E-state index contributed by atoms with van der Waals surface area (Å²) in [5.41, 5.74) is 6.52. The quantitative estimate of drug-likeness (QED) is 0.811. The Kier molecular flexibility index (Phi) is 3.19. The SMILES string of the molecule is CC1CCN(C(=O)c2cc3cc(N)ccc3s2)CC1. The van der Waals surface area contributed by atoms with Crippen molar-refractivity contribution in [2.75, 3.05) is 18.8 Å². The molecule has 3 rings (SSSR count). The molecule has 0 saturated carbocycles. The lowest BCUT2D eigenvalue weighted by Gasteiger charge is -2.29. The second kappa shape index (κ2) is 4.85. The number of nitrogens with two attached hydrogens (primary N) is 1. The summed E-state index contributed by atoms with van der Waals surface area (Å²) < 4.78 is 1.13. The Morgan fingerprint density at radius 3 is 2.79 bits per heavy atom. The van der Waals surface area contributed by atoms with Gasteiger partial charge >= 0.3 is 0 Å². The minimum absolute atomic E-state index is 0.173. The van der Waals surface area contributed by atoms with Crippen LogP contribution in [0.1, 0.15) is 29.4 Å². The molecule has 1 amide bonds. The Bertz CT molecular complexity index is 612. The van der Waals surface area contributed by atoms with Gasteiger partial charge in [0.15, 0.2) is 0 Å². The van der Waals surface area contributed by atoms with Crippen molar-refractivity contribution in [3.05, 3.63) is 29.1 Å². The number of benzene rings is 1. The summed E-state index contributed by atoms with van der Waals surface area (Å²) >= 11 is 1.56. The predicted molar refractivity (Wildman–Crippen MR) is 80.5 cm³/mol. The lowest BCUT2D eigenvalue weighted by Crippen LogP contribution is -2.37. The van der Waals surface area contributed by atoms with Gasteiger partial charge in [-0.2, -0.15) is 0 Å². The van der Waals surface area contributed by atoms with Crippen LogP contribution in [0, 0.1) is 5.92 Å². The third-order valence-corrected chi connectivity index (χ3v) is 4.93. The fourth-order valence-electron chi connectivity index (χ4n) is 2.53. The highest BCUT2D eigenvalue weighted by Gasteiger charge is 2.22. The number of nitrogen functional groups attached to an aromatic ring is 1. The highest BCUT2D eigenvalue weighted by molar-refractivity contribution is 7.20. The molecule has 1 fully saturated rings. The third-order valence-electron chi connectivity index (χ3n) is 3.82. The van der Waals surface area contributed by atoms with Gasteiger partial charge in [-0.25, -0.2) is 0 Å². The van der Waals surface area contributed by atoms with Crippen molar-refractivity contribution in [2.45, 2.75) is 19.8 Å². The summed E-state index contributed by atoms with van der Waals surface area (Å²) in [6.45, 7) is 4.02. The molecule has 0 aliphatic carbocycles. The number of likely N-dealkylation sites (tertiary alicyclic amines) is 1. The number of amides is 1. The molecule has 0 radical (unpaired) electrons. The standard InChI is InChI=1S/C15H18N2OS/c1-10-4-6-17(7-5-10)15(18)14-9-11-8-12(16)2-3-13(11)19-14/h2-3,8-10H,4-7,16H2,1H3. The smallest absolute Gasteiger partial charge is 0.263 e. The maximum Gasteiger partial charge on any atom is 0.263 e. The molecule has 2 aromatic rings. The number of anilines is 1. The van der Waals surface area contributed by atoms with Crippen LogP contribution in [0.3, 0.4) is 0 Å². The van der Waals surface area contributed by atoms with E-state index in [1.54, 1.807) is 11.3 Å². The molecule has 1 saturated heterocycles. The maximum absolute atomic E-state index is 12.5. The number of carbonyl (C=O) groups excluding carboxylic acids is 1. The van der Waals surface area contributed by atoms with Crippen molar-refractivity contribution >= 4 is 33.0 Å². The highest BCUT2D eigenvalue weighted by Crippen LogP contribution is 2.29. The number of fused-ring (bicyclic) bond motifs is 1. The van der Waals surface area contributed by atoms with E-state index in [2.05, 4.69) is 6.92 Å². The van der Waals surface area contributed by atoms with Gasteiger partial charge in [0, 0.05) is 23.5 Å². The molecule has 0 unspecified atom stereocenters. The molecular formula is C15H18N2OS. The van der Waals surface area contributed by atoms with Crippen molar-refractivity contribution in [3.63, 3.8) is 0 Å². The Morgan fingerprint density at radius 2 is 2.05 bits per heavy atom. The first-order valence-corrected chi connectivity index (χ1v) is 7.53. The van der Waals surface area contributed by atoms with E-state index in [0.717, 1.165) is 52.5 Å². The van der Waals surface area contributed by atoms with Gasteiger partial charge in [-0.1, -0.05) is 6.92 Å². The molecule has 19 heavy (non-hydrogen) atoms. The van der Waals surface area contributed by atoms with Crippen molar-refractivity contribution in [2.24, 2.45) is 5.92 Å². The molecule has 0 atom stereocenters. The second-order valence-electron chi connectivity index (χ2n) is 5.38. The van der Waals surface area contributed by atoms with Crippen LogP contribution in [-0.4, -0.2) is 23.9 Å². The molecule has 0 bridgehead atoms. The normalized spacial score (nSPS) is 17.0. The second-order valence-corrected chi connectivity index (χ2v) is 6.47. The van der Waals surface area contributed by atoms with Gasteiger partial charge in [-0.05, 0) is 48.4 Å². The molecule has 2 heterocycles. The molecule has 0 spiro atoms. The van der Waals surface area contributed by atoms with E-state index >= 15 is 0 Å². The zero-order valence-electron chi connectivity index (χ0n) is 11.1. The summed E-state index contributed by atoms with van der Waals surface area (Å²) in [6, 6.07) is 7.78. The van der Waals surface area contributed by atoms with Gasteiger partial charge in [-0.15, -0.1) is 11.3 Å². The largest absolute Gasteiger partial charge is 0.399 e. The summed E-state index contributed by atoms with van der Waals surface area (Å²) in [6.07, 6.45) is 2.23. The van der Waals surface area contributed by atoms with Crippen LogP contribution in [0.5, 0.6) is 0 Å². The lowest BCUT2D eigenvalue weighted by atomic mass is 9.99. The average Bonchev–Trinajstić information content (AvgIpc) is 2.81. The first kappa shape index (κ1) is 12.5. The van der Waals surface area contributed by atoms with Crippen LogP contribution in [-0.2, 0) is 0 Å². The van der Waals surface area contributed by atoms with E-state index in [-0.39, 0.29) is 5.91 Å². The maximum atomic E-state index is 12.5. The number of thiophene rings is 1. The Hall–Kier alpha value is -1.55. The van der Waals surface area contributed by atoms with Gasteiger partial charge < -0.3 is 10.6 Å². The first-order valence-electron chi connectivity index (χ1n) is 6.72. The van der Waals surface area contributed by atoms with E-state index in [1.807, 2.05) is 29.2 Å². The minimum atomic E-state index is 0.173. The van der Waals surface area contributed by atoms with Crippen LogP contribution in [0.25, 0.3) is 10.1 Å². The van der Waals surface area contributed by atoms with Crippen molar-refractivity contribution in [1.29, 1.82) is 0 Å². The lowest BCUT2D eigenvalue weighted by molar-refractivity contribution is 0.0702. The summed E-state index contributed by atoms with van der Waals surface area (Å²) in [5.74, 6) is 0.915. The highest BCUT2D eigenvalue weighted by atomic mass is 32.1. The number of piperidine rings is 1. The van der Waals surface area contributed by atoms with Crippen molar-refractivity contribution < 1.29 is 4.79 Å². The number of carbonyl (C=O) groups is 1. The first-order chi connectivity index (χ1) is 9.13. The van der Waals surface area contributed by atoms with Gasteiger partial charge in [0.1, 0.15) is 0 Å². The van der Waals surface area contributed by atoms with Crippen molar-refractivity contribution in [3.8, 4) is 0 Å². The Balaban J connectivity index is 1.85. The molecular weight excluding hydrogens is 256 g/mol. The molecule has 1 aromatic heterocycles. The predicted octanol–water partition coefficient (Wildman–Crippen LogP) is 3.36. The summed E-state index contributed by atoms with van der Waals surface area (Å²) in [4.78, 5) is 15.3. The van der Waals surface area contributed by atoms with Crippen molar-refractivity contribution in [1.82, 2.24) is 4.90 Å². The van der Waals surface area contributed by atoms with Crippen LogP contribution < -0.4 is 5.73 Å². The van der Waals surface area contributed by atoms with E-state index in [0.29, 0.717) is 0 Å². The van der Waals surface area contributed by atoms with Crippen LogP contribution in [0.4, 0.5) is 5.69 Å². The monoisotopic (exact) mass is 274 g/mol. The van der Waals surface area contributed by atoms with Gasteiger partial charge in [0.05, 0.1) is 4.88 Å². The summed E-state index contributed by atoms with van der Waals surface area (Å²) in [7, 11) is 0. The van der Waals surface area contributed by atoms with Gasteiger partial charge in [0.25, 0.3) is 5.91 Å². The number of hydrogen-bond acceptors (Lipinski definition) is 3. The molecule has 100 valence electrons. The number of nitrogens with zero attached hydrogens (tertiary/aromatic N) is 1. The van der Waals surface area contributed by atoms with Crippen LogP contribution >= 0.6 is 11.3 Å².